The zero-order valence-corrected chi connectivity index (χ0v) is 11.1. The standard InChI is InChI=1S/C14H15NO4/c1-8-13(15-9(2)18-8)12-7-17-11-6-4-5-10(16-3)14(11)19-12/h4-6,12H,7H2,1-3H3. The van der Waals surface area contributed by atoms with Crippen LogP contribution in [-0.4, -0.2) is 18.7 Å². The van der Waals surface area contributed by atoms with Crippen molar-refractivity contribution in [3.05, 3.63) is 35.5 Å². The van der Waals surface area contributed by atoms with Gasteiger partial charge in [0, 0.05) is 6.92 Å². The Morgan fingerprint density at radius 1 is 1.32 bits per heavy atom. The van der Waals surface area contributed by atoms with Gasteiger partial charge < -0.3 is 18.6 Å². The zero-order chi connectivity index (χ0) is 13.4. The van der Waals surface area contributed by atoms with Gasteiger partial charge in [-0.15, -0.1) is 0 Å². The van der Waals surface area contributed by atoms with Crippen LogP contribution in [0.2, 0.25) is 0 Å². The van der Waals surface area contributed by atoms with Crippen LogP contribution in [0.25, 0.3) is 0 Å². The Hall–Kier alpha value is -2.17. The van der Waals surface area contributed by atoms with Crippen molar-refractivity contribution in [3.8, 4) is 17.2 Å². The third kappa shape index (κ3) is 2.01. The molecule has 1 aromatic heterocycles. The van der Waals surface area contributed by atoms with Gasteiger partial charge in [-0.3, -0.25) is 0 Å². The number of aromatic nitrogens is 1. The topological polar surface area (TPSA) is 53.7 Å². The Kier molecular flexibility index (Phi) is 2.81. The summed E-state index contributed by atoms with van der Waals surface area (Å²) in [5.41, 5.74) is 0.772. The van der Waals surface area contributed by atoms with Gasteiger partial charge in [0.2, 0.25) is 5.75 Å². The maximum absolute atomic E-state index is 5.96. The highest BCUT2D eigenvalue weighted by Crippen LogP contribution is 2.43. The lowest BCUT2D eigenvalue weighted by Gasteiger charge is -2.26. The predicted molar refractivity (Wildman–Crippen MR) is 67.8 cm³/mol. The lowest BCUT2D eigenvalue weighted by Crippen LogP contribution is -2.22. The SMILES string of the molecule is COc1cccc2c1OC(c1nc(C)oc1C)CO2. The molecule has 1 unspecified atom stereocenters. The van der Waals surface area contributed by atoms with E-state index in [4.69, 9.17) is 18.6 Å². The van der Waals surface area contributed by atoms with Crippen LogP contribution < -0.4 is 14.2 Å². The summed E-state index contributed by atoms with van der Waals surface area (Å²) in [5.74, 6) is 3.33. The van der Waals surface area contributed by atoms with Crippen LogP contribution in [0.3, 0.4) is 0 Å². The van der Waals surface area contributed by atoms with E-state index in [1.54, 1.807) is 7.11 Å². The van der Waals surface area contributed by atoms with Gasteiger partial charge in [0.15, 0.2) is 23.5 Å². The number of hydrogen-bond acceptors (Lipinski definition) is 5. The van der Waals surface area contributed by atoms with E-state index in [-0.39, 0.29) is 6.10 Å². The summed E-state index contributed by atoms with van der Waals surface area (Å²) in [7, 11) is 1.61. The highest BCUT2D eigenvalue weighted by molar-refractivity contribution is 5.52. The molecule has 5 heteroatoms. The van der Waals surface area contributed by atoms with Crippen molar-refractivity contribution < 1.29 is 18.6 Å². The van der Waals surface area contributed by atoms with Crippen molar-refractivity contribution in [2.24, 2.45) is 0 Å². The maximum atomic E-state index is 5.96. The number of nitrogens with zero attached hydrogens (tertiary/aromatic N) is 1. The number of aryl methyl sites for hydroxylation is 2. The highest BCUT2D eigenvalue weighted by Gasteiger charge is 2.29. The Labute approximate surface area is 111 Å². The fraction of sp³-hybridized carbons (Fsp3) is 0.357. The van der Waals surface area contributed by atoms with E-state index in [2.05, 4.69) is 4.98 Å². The van der Waals surface area contributed by atoms with E-state index in [0.717, 1.165) is 11.5 Å². The number of methoxy groups -OCH3 is 1. The monoisotopic (exact) mass is 261 g/mol. The van der Waals surface area contributed by atoms with E-state index in [0.29, 0.717) is 29.7 Å². The molecule has 0 bridgehead atoms. The first-order valence-corrected chi connectivity index (χ1v) is 6.09. The van der Waals surface area contributed by atoms with Crippen molar-refractivity contribution in [1.29, 1.82) is 0 Å². The van der Waals surface area contributed by atoms with Crippen LogP contribution in [0.4, 0.5) is 0 Å². The minimum atomic E-state index is -0.277. The average Bonchev–Trinajstić information content (AvgIpc) is 2.76. The molecule has 1 atom stereocenters. The number of benzene rings is 1. The minimum absolute atomic E-state index is 0.277. The fourth-order valence-corrected chi connectivity index (χ4v) is 2.21. The Balaban J connectivity index is 1.95. The van der Waals surface area contributed by atoms with Crippen LogP contribution in [0, 0.1) is 13.8 Å². The molecule has 0 aliphatic carbocycles. The molecule has 3 rings (SSSR count). The summed E-state index contributed by atoms with van der Waals surface area (Å²) in [6, 6.07) is 5.56. The number of oxazole rings is 1. The lowest BCUT2D eigenvalue weighted by atomic mass is 10.2. The van der Waals surface area contributed by atoms with Gasteiger partial charge in [0.25, 0.3) is 0 Å². The van der Waals surface area contributed by atoms with Gasteiger partial charge in [0.1, 0.15) is 18.1 Å². The Morgan fingerprint density at radius 2 is 2.16 bits per heavy atom. The number of fused-ring (bicyclic) bond motifs is 1. The molecule has 100 valence electrons. The molecule has 0 amide bonds. The second kappa shape index (κ2) is 4.50. The Bertz CT molecular complexity index is 591. The number of ether oxygens (including phenoxy) is 3. The van der Waals surface area contributed by atoms with Crippen LogP contribution >= 0.6 is 0 Å². The first-order chi connectivity index (χ1) is 9.19. The molecule has 0 N–H and O–H groups in total. The molecule has 0 saturated carbocycles. The van der Waals surface area contributed by atoms with E-state index < -0.39 is 0 Å². The number of hydrogen-bond donors (Lipinski definition) is 0. The quantitative estimate of drug-likeness (QED) is 0.832. The summed E-state index contributed by atoms with van der Waals surface area (Å²) < 4.78 is 22.4. The summed E-state index contributed by atoms with van der Waals surface area (Å²) in [5, 5.41) is 0. The second-order valence-electron chi connectivity index (χ2n) is 4.38. The maximum Gasteiger partial charge on any atom is 0.204 e. The molecule has 2 heterocycles. The van der Waals surface area contributed by atoms with Crippen molar-refractivity contribution in [2.75, 3.05) is 13.7 Å². The van der Waals surface area contributed by atoms with E-state index >= 15 is 0 Å². The summed E-state index contributed by atoms with van der Waals surface area (Å²) in [6.45, 7) is 4.10. The molecule has 1 aliphatic heterocycles. The third-order valence-electron chi connectivity index (χ3n) is 3.06. The summed E-state index contributed by atoms with van der Waals surface area (Å²) in [4.78, 5) is 4.35. The first-order valence-electron chi connectivity index (χ1n) is 6.09. The summed E-state index contributed by atoms with van der Waals surface area (Å²) >= 11 is 0. The van der Waals surface area contributed by atoms with Crippen LogP contribution in [0.5, 0.6) is 17.2 Å². The van der Waals surface area contributed by atoms with Crippen molar-refractivity contribution >= 4 is 0 Å². The van der Waals surface area contributed by atoms with Gasteiger partial charge in [-0.25, -0.2) is 4.98 Å². The van der Waals surface area contributed by atoms with Gasteiger partial charge in [-0.2, -0.15) is 0 Å². The molecule has 19 heavy (non-hydrogen) atoms. The first kappa shape index (κ1) is 11.9. The van der Waals surface area contributed by atoms with Crippen LogP contribution in [0.1, 0.15) is 23.4 Å². The molecule has 0 saturated heterocycles. The van der Waals surface area contributed by atoms with E-state index in [9.17, 15) is 0 Å². The van der Waals surface area contributed by atoms with E-state index in [1.807, 2.05) is 32.0 Å². The average molecular weight is 261 g/mol. The Morgan fingerprint density at radius 3 is 2.84 bits per heavy atom. The predicted octanol–water partition coefficient (Wildman–Crippen LogP) is 2.81. The molecule has 1 aromatic carbocycles. The second-order valence-corrected chi connectivity index (χ2v) is 4.38. The lowest BCUT2D eigenvalue weighted by molar-refractivity contribution is 0.0835. The molecule has 0 fully saturated rings. The molecule has 0 spiro atoms. The zero-order valence-electron chi connectivity index (χ0n) is 11.1. The molecule has 0 radical (unpaired) electrons. The van der Waals surface area contributed by atoms with Crippen molar-refractivity contribution in [3.63, 3.8) is 0 Å². The van der Waals surface area contributed by atoms with Gasteiger partial charge in [-0.05, 0) is 19.1 Å². The van der Waals surface area contributed by atoms with E-state index in [1.165, 1.54) is 0 Å². The van der Waals surface area contributed by atoms with Gasteiger partial charge in [-0.1, -0.05) is 6.07 Å². The molecule has 2 aromatic rings. The smallest absolute Gasteiger partial charge is 0.204 e. The highest BCUT2D eigenvalue weighted by atomic mass is 16.6. The third-order valence-corrected chi connectivity index (χ3v) is 3.06. The molecule has 5 nitrogen and oxygen atoms in total. The molecular weight excluding hydrogens is 246 g/mol. The molecule has 1 aliphatic rings. The largest absolute Gasteiger partial charge is 0.493 e. The number of rotatable bonds is 2. The fourth-order valence-electron chi connectivity index (χ4n) is 2.21. The minimum Gasteiger partial charge on any atom is -0.493 e. The van der Waals surface area contributed by atoms with Crippen LogP contribution in [0.15, 0.2) is 22.6 Å². The molecular formula is C14H15NO4. The summed E-state index contributed by atoms with van der Waals surface area (Å²) in [6.07, 6.45) is -0.277. The number of para-hydroxylation sites is 1. The van der Waals surface area contributed by atoms with Gasteiger partial charge in [0.05, 0.1) is 7.11 Å². The van der Waals surface area contributed by atoms with Crippen molar-refractivity contribution in [2.45, 2.75) is 20.0 Å². The van der Waals surface area contributed by atoms with Crippen LogP contribution in [-0.2, 0) is 0 Å². The van der Waals surface area contributed by atoms with Gasteiger partial charge >= 0.3 is 0 Å². The van der Waals surface area contributed by atoms with Crippen molar-refractivity contribution in [1.82, 2.24) is 4.98 Å². The normalized spacial score (nSPS) is 17.3.